The van der Waals surface area contributed by atoms with Crippen molar-refractivity contribution in [3.8, 4) is 0 Å². The van der Waals surface area contributed by atoms with Gasteiger partial charge in [0.15, 0.2) is 0 Å². The molecule has 0 aliphatic carbocycles. The lowest BCUT2D eigenvalue weighted by molar-refractivity contribution is -0.122. The van der Waals surface area contributed by atoms with Gasteiger partial charge in [0.2, 0.25) is 5.91 Å². The fourth-order valence-corrected chi connectivity index (χ4v) is 2.32. The van der Waals surface area contributed by atoms with Crippen molar-refractivity contribution in [3.05, 3.63) is 32.7 Å². The van der Waals surface area contributed by atoms with Crippen LogP contribution in [-0.2, 0) is 4.79 Å². The van der Waals surface area contributed by atoms with Crippen LogP contribution < -0.4 is 10.6 Å². The minimum absolute atomic E-state index is 0.0777. The first-order valence-electron chi connectivity index (χ1n) is 6.23. The lowest BCUT2D eigenvalue weighted by Gasteiger charge is -2.20. The van der Waals surface area contributed by atoms with Crippen LogP contribution in [0.15, 0.2) is 27.1 Å². The van der Waals surface area contributed by atoms with Crippen LogP contribution in [0.4, 0.5) is 0 Å². The molecule has 0 heterocycles. The van der Waals surface area contributed by atoms with Crippen LogP contribution in [-0.4, -0.2) is 23.9 Å². The summed E-state index contributed by atoms with van der Waals surface area (Å²) in [6, 6.07) is 5.37. The van der Waals surface area contributed by atoms with Crippen molar-refractivity contribution in [2.75, 3.05) is 6.54 Å². The van der Waals surface area contributed by atoms with Gasteiger partial charge in [0.05, 0.1) is 5.56 Å². The minimum atomic E-state index is -0.256. The number of carbonyl (C=O) groups excluding carboxylic acids is 2. The topological polar surface area (TPSA) is 58.2 Å². The lowest BCUT2D eigenvalue weighted by atomic mass is 10.1. The molecule has 0 bridgehead atoms. The maximum atomic E-state index is 12.0. The quantitative estimate of drug-likeness (QED) is 0.807. The highest BCUT2D eigenvalue weighted by Gasteiger charge is 2.14. The molecular formula is C14H18Br2N2O2. The highest BCUT2D eigenvalue weighted by Crippen LogP contribution is 2.21. The molecular weight excluding hydrogens is 388 g/mol. The van der Waals surface area contributed by atoms with Gasteiger partial charge >= 0.3 is 0 Å². The van der Waals surface area contributed by atoms with Crippen molar-refractivity contribution >= 4 is 43.7 Å². The second kappa shape index (κ2) is 7.22. The maximum absolute atomic E-state index is 12.0. The molecule has 20 heavy (non-hydrogen) atoms. The van der Waals surface area contributed by atoms with Crippen molar-refractivity contribution in [1.29, 1.82) is 0 Å². The fourth-order valence-electron chi connectivity index (χ4n) is 1.54. The summed E-state index contributed by atoms with van der Waals surface area (Å²) in [7, 11) is 0. The largest absolute Gasteiger partial charge is 0.351 e. The Morgan fingerprint density at radius 3 is 2.45 bits per heavy atom. The van der Waals surface area contributed by atoms with E-state index in [1.54, 1.807) is 12.1 Å². The van der Waals surface area contributed by atoms with E-state index >= 15 is 0 Å². The SMILES string of the molecule is CC(C)(C)NC(=O)CCNC(=O)c1cc(Br)ccc1Br. The summed E-state index contributed by atoms with van der Waals surface area (Å²) in [6.07, 6.45) is 0.259. The molecule has 0 aliphatic rings. The number of amides is 2. The average molecular weight is 406 g/mol. The van der Waals surface area contributed by atoms with Gasteiger partial charge in [-0.05, 0) is 54.9 Å². The zero-order chi connectivity index (χ0) is 15.3. The first-order valence-corrected chi connectivity index (χ1v) is 7.82. The van der Waals surface area contributed by atoms with Gasteiger partial charge in [-0.15, -0.1) is 0 Å². The molecule has 110 valence electrons. The van der Waals surface area contributed by atoms with E-state index in [4.69, 9.17) is 0 Å². The Morgan fingerprint density at radius 1 is 1.20 bits per heavy atom. The third kappa shape index (κ3) is 6.05. The normalized spacial score (nSPS) is 11.1. The second-order valence-corrected chi connectivity index (χ2v) is 7.20. The third-order valence-electron chi connectivity index (χ3n) is 2.33. The molecule has 0 unspecified atom stereocenters. The van der Waals surface area contributed by atoms with Crippen LogP contribution in [0.1, 0.15) is 37.6 Å². The first kappa shape index (κ1) is 17.2. The summed E-state index contributed by atoms with van der Waals surface area (Å²) >= 11 is 6.65. The van der Waals surface area contributed by atoms with E-state index in [1.165, 1.54) is 0 Å². The van der Waals surface area contributed by atoms with Gasteiger partial charge in [-0.2, -0.15) is 0 Å². The minimum Gasteiger partial charge on any atom is -0.351 e. The standard InChI is InChI=1S/C14H18Br2N2O2/c1-14(2,3)18-12(19)6-7-17-13(20)10-8-9(15)4-5-11(10)16/h4-5,8H,6-7H2,1-3H3,(H,17,20)(H,18,19). The predicted octanol–water partition coefficient (Wildman–Crippen LogP) is 3.25. The van der Waals surface area contributed by atoms with Gasteiger partial charge in [-0.3, -0.25) is 9.59 Å². The highest BCUT2D eigenvalue weighted by molar-refractivity contribution is 9.11. The van der Waals surface area contributed by atoms with E-state index < -0.39 is 0 Å². The van der Waals surface area contributed by atoms with E-state index in [2.05, 4.69) is 42.5 Å². The van der Waals surface area contributed by atoms with Crippen LogP contribution in [0.5, 0.6) is 0 Å². The molecule has 2 N–H and O–H groups in total. The number of halogens is 2. The predicted molar refractivity (Wildman–Crippen MR) is 86.7 cm³/mol. The molecule has 4 nitrogen and oxygen atoms in total. The Morgan fingerprint density at radius 2 is 1.85 bits per heavy atom. The molecule has 1 aromatic carbocycles. The van der Waals surface area contributed by atoms with Crippen molar-refractivity contribution in [2.45, 2.75) is 32.7 Å². The number of hydrogen-bond acceptors (Lipinski definition) is 2. The summed E-state index contributed by atoms with van der Waals surface area (Å²) < 4.78 is 1.55. The molecule has 0 saturated heterocycles. The Bertz CT molecular complexity index is 510. The van der Waals surface area contributed by atoms with Crippen molar-refractivity contribution in [1.82, 2.24) is 10.6 Å². The summed E-state index contributed by atoms with van der Waals surface area (Å²) in [6.45, 7) is 6.06. The van der Waals surface area contributed by atoms with Gasteiger partial charge in [-0.25, -0.2) is 0 Å². The van der Waals surface area contributed by atoms with Crippen LogP contribution in [0.3, 0.4) is 0 Å². The Balaban J connectivity index is 2.48. The lowest BCUT2D eigenvalue weighted by Crippen LogP contribution is -2.42. The van der Waals surface area contributed by atoms with Gasteiger partial charge in [0.25, 0.3) is 5.91 Å². The highest BCUT2D eigenvalue weighted by atomic mass is 79.9. The van der Waals surface area contributed by atoms with Crippen LogP contribution in [0.2, 0.25) is 0 Å². The van der Waals surface area contributed by atoms with Crippen LogP contribution in [0, 0.1) is 0 Å². The number of nitrogens with one attached hydrogen (secondary N) is 2. The van der Waals surface area contributed by atoms with Crippen LogP contribution >= 0.6 is 31.9 Å². The smallest absolute Gasteiger partial charge is 0.252 e. The van der Waals surface area contributed by atoms with Gasteiger partial charge in [-0.1, -0.05) is 15.9 Å². The molecule has 0 saturated carbocycles. The van der Waals surface area contributed by atoms with E-state index in [9.17, 15) is 9.59 Å². The molecule has 0 radical (unpaired) electrons. The molecule has 0 atom stereocenters. The van der Waals surface area contributed by atoms with Crippen molar-refractivity contribution in [3.63, 3.8) is 0 Å². The summed E-state index contributed by atoms with van der Waals surface area (Å²) in [4.78, 5) is 23.6. The zero-order valence-corrected chi connectivity index (χ0v) is 14.9. The Hall–Kier alpha value is -0.880. The second-order valence-electron chi connectivity index (χ2n) is 5.43. The number of rotatable bonds is 4. The monoisotopic (exact) mass is 404 g/mol. The van der Waals surface area contributed by atoms with E-state index in [-0.39, 0.29) is 23.8 Å². The third-order valence-corrected chi connectivity index (χ3v) is 3.51. The molecule has 1 aromatic rings. The van der Waals surface area contributed by atoms with Crippen molar-refractivity contribution in [2.24, 2.45) is 0 Å². The summed E-state index contributed by atoms with van der Waals surface area (Å²) in [5, 5.41) is 5.58. The van der Waals surface area contributed by atoms with E-state index in [1.807, 2.05) is 26.8 Å². The molecule has 2 amide bonds. The van der Waals surface area contributed by atoms with Gasteiger partial charge in [0.1, 0.15) is 0 Å². The van der Waals surface area contributed by atoms with Gasteiger partial charge in [0, 0.05) is 27.4 Å². The molecule has 6 heteroatoms. The molecule has 0 spiro atoms. The summed E-state index contributed by atoms with van der Waals surface area (Å²) in [5.74, 6) is -0.284. The fraction of sp³-hybridized carbons (Fsp3) is 0.429. The Labute approximate surface area is 136 Å². The summed E-state index contributed by atoms with van der Waals surface area (Å²) in [5.41, 5.74) is 0.282. The average Bonchev–Trinajstić information content (AvgIpc) is 2.29. The van der Waals surface area contributed by atoms with Gasteiger partial charge < -0.3 is 10.6 Å². The molecule has 0 aliphatic heterocycles. The molecule has 0 aromatic heterocycles. The molecule has 1 rings (SSSR count). The number of benzene rings is 1. The zero-order valence-electron chi connectivity index (χ0n) is 11.7. The number of carbonyl (C=O) groups is 2. The maximum Gasteiger partial charge on any atom is 0.252 e. The van der Waals surface area contributed by atoms with E-state index in [0.717, 1.165) is 8.95 Å². The first-order chi connectivity index (χ1) is 9.19. The number of hydrogen-bond donors (Lipinski definition) is 2. The molecule has 0 fully saturated rings. The Kier molecular flexibility index (Phi) is 6.20. The van der Waals surface area contributed by atoms with Crippen LogP contribution in [0.25, 0.3) is 0 Å². The van der Waals surface area contributed by atoms with E-state index in [0.29, 0.717) is 12.1 Å². The van der Waals surface area contributed by atoms with Crippen molar-refractivity contribution < 1.29 is 9.59 Å².